The molecule has 1 aromatic rings. The van der Waals surface area contributed by atoms with Gasteiger partial charge >= 0.3 is 6.03 Å². The largest absolute Gasteiger partial charge is 0.508 e. The number of piperazine rings is 1. The number of hydrogen-bond donors (Lipinski definition) is 1. The molecule has 2 aliphatic rings. The van der Waals surface area contributed by atoms with Gasteiger partial charge in [-0.05, 0) is 56.8 Å². The minimum atomic E-state index is 0.235. The Hall–Kier alpha value is -1.75. The van der Waals surface area contributed by atoms with Gasteiger partial charge in [-0.2, -0.15) is 0 Å². The van der Waals surface area contributed by atoms with Crippen molar-refractivity contribution in [3.8, 4) is 5.75 Å². The van der Waals surface area contributed by atoms with Gasteiger partial charge in [0.05, 0.1) is 0 Å². The second kappa shape index (κ2) is 7.88. The molecule has 1 unspecified atom stereocenters. The van der Waals surface area contributed by atoms with Gasteiger partial charge in [-0.1, -0.05) is 12.1 Å². The molecule has 2 fully saturated rings. The molecule has 0 radical (unpaired) electrons. The molecule has 0 bridgehead atoms. The minimum Gasteiger partial charge on any atom is -0.508 e. The fourth-order valence-electron chi connectivity index (χ4n) is 3.73. The maximum atomic E-state index is 12.9. The Morgan fingerprint density at radius 2 is 1.79 bits per heavy atom. The molecule has 2 saturated heterocycles. The predicted molar refractivity (Wildman–Crippen MR) is 95.2 cm³/mol. The normalized spacial score (nSPS) is 22.6. The van der Waals surface area contributed by atoms with E-state index in [1.54, 1.807) is 12.1 Å². The van der Waals surface area contributed by atoms with Gasteiger partial charge in [0.1, 0.15) is 5.75 Å². The number of benzene rings is 1. The van der Waals surface area contributed by atoms with Crippen LogP contribution in [-0.4, -0.2) is 71.7 Å². The van der Waals surface area contributed by atoms with Crippen molar-refractivity contribution in [2.24, 2.45) is 0 Å². The maximum Gasteiger partial charge on any atom is 0.320 e. The van der Waals surface area contributed by atoms with Gasteiger partial charge in [0.15, 0.2) is 0 Å². The van der Waals surface area contributed by atoms with Gasteiger partial charge in [0.25, 0.3) is 0 Å². The van der Waals surface area contributed by atoms with Crippen molar-refractivity contribution in [1.29, 1.82) is 0 Å². The maximum absolute atomic E-state index is 12.9. The molecule has 0 spiro atoms. The molecule has 0 aromatic heterocycles. The SMILES string of the molecule is CN1CCN(C(=O)N2CCCCC2CCc2ccc(O)cc2)CC1. The Bertz CT molecular complexity index is 538. The highest BCUT2D eigenvalue weighted by Crippen LogP contribution is 2.23. The van der Waals surface area contributed by atoms with E-state index in [2.05, 4.69) is 16.8 Å². The number of urea groups is 1. The van der Waals surface area contributed by atoms with E-state index in [1.807, 2.05) is 17.0 Å². The summed E-state index contributed by atoms with van der Waals surface area (Å²) in [5.74, 6) is 0.309. The van der Waals surface area contributed by atoms with E-state index < -0.39 is 0 Å². The molecule has 2 amide bonds. The molecule has 2 heterocycles. The number of hydrogen-bond acceptors (Lipinski definition) is 3. The number of aryl methyl sites for hydroxylation is 1. The molecule has 3 rings (SSSR count). The first kappa shape index (κ1) is 17.1. The summed E-state index contributed by atoms with van der Waals surface area (Å²) in [6.45, 7) is 4.52. The molecular formula is C19H29N3O2. The third kappa shape index (κ3) is 4.20. The van der Waals surface area contributed by atoms with Crippen LogP contribution in [0, 0.1) is 0 Å². The Kier molecular flexibility index (Phi) is 5.61. The molecular weight excluding hydrogens is 302 g/mol. The first-order chi connectivity index (χ1) is 11.6. The molecule has 1 atom stereocenters. The van der Waals surface area contributed by atoms with Crippen LogP contribution in [0.3, 0.4) is 0 Å². The van der Waals surface area contributed by atoms with E-state index in [-0.39, 0.29) is 6.03 Å². The fourth-order valence-corrected chi connectivity index (χ4v) is 3.73. The lowest BCUT2D eigenvalue weighted by molar-refractivity contribution is 0.0928. The van der Waals surface area contributed by atoms with E-state index in [4.69, 9.17) is 0 Å². The fraction of sp³-hybridized carbons (Fsp3) is 0.632. The monoisotopic (exact) mass is 331 g/mol. The summed E-state index contributed by atoms with van der Waals surface area (Å²) < 4.78 is 0. The van der Waals surface area contributed by atoms with Crippen molar-refractivity contribution in [3.05, 3.63) is 29.8 Å². The first-order valence-corrected chi connectivity index (χ1v) is 9.15. The lowest BCUT2D eigenvalue weighted by atomic mass is 9.96. The number of aromatic hydroxyl groups is 1. The van der Waals surface area contributed by atoms with Gasteiger partial charge < -0.3 is 19.8 Å². The molecule has 1 aromatic carbocycles. The topological polar surface area (TPSA) is 47.0 Å². The van der Waals surface area contributed by atoms with Crippen molar-refractivity contribution in [2.45, 2.75) is 38.1 Å². The zero-order valence-electron chi connectivity index (χ0n) is 14.7. The lowest BCUT2D eigenvalue weighted by Gasteiger charge is -2.41. The van der Waals surface area contributed by atoms with Crippen LogP contribution in [0.2, 0.25) is 0 Å². The standard InChI is InChI=1S/C19H29N3O2/c1-20-12-14-21(15-13-20)19(24)22-11-3-2-4-17(22)8-5-16-6-9-18(23)10-7-16/h6-7,9-10,17,23H,2-5,8,11-15H2,1H3. The summed E-state index contributed by atoms with van der Waals surface area (Å²) >= 11 is 0. The van der Waals surface area contributed by atoms with Crippen LogP contribution in [0.1, 0.15) is 31.2 Å². The predicted octanol–water partition coefficient (Wildman–Crippen LogP) is 2.55. The second-order valence-corrected chi connectivity index (χ2v) is 7.12. The molecule has 2 aliphatic heterocycles. The van der Waals surface area contributed by atoms with Crippen LogP contribution < -0.4 is 0 Å². The summed E-state index contributed by atoms with van der Waals surface area (Å²) in [7, 11) is 2.11. The van der Waals surface area contributed by atoms with Crippen LogP contribution in [0.25, 0.3) is 0 Å². The van der Waals surface area contributed by atoms with Crippen LogP contribution >= 0.6 is 0 Å². The lowest BCUT2D eigenvalue weighted by Crippen LogP contribution is -2.55. The quantitative estimate of drug-likeness (QED) is 0.926. The number of amides is 2. The molecule has 132 valence electrons. The Morgan fingerprint density at radius 3 is 2.50 bits per heavy atom. The molecule has 1 N–H and O–H groups in total. The highest BCUT2D eigenvalue weighted by atomic mass is 16.3. The van der Waals surface area contributed by atoms with E-state index in [0.29, 0.717) is 11.8 Å². The van der Waals surface area contributed by atoms with Gasteiger partial charge in [0, 0.05) is 38.8 Å². The average molecular weight is 331 g/mol. The summed E-state index contributed by atoms with van der Waals surface area (Å²) in [5.41, 5.74) is 1.23. The number of piperidine rings is 1. The third-order valence-electron chi connectivity index (χ3n) is 5.35. The van der Waals surface area contributed by atoms with E-state index in [0.717, 1.165) is 58.4 Å². The number of carbonyl (C=O) groups excluding carboxylic acids is 1. The van der Waals surface area contributed by atoms with Gasteiger partial charge in [-0.25, -0.2) is 4.79 Å². The first-order valence-electron chi connectivity index (χ1n) is 9.15. The smallest absolute Gasteiger partial charge is 0.320 e. The highest BCUT2D eigenvalue weighted by molar-refractivity contribution is 5.75. The number of phenolic OH excluding ortho intramolecular Hbond substituents is 1. The number of carbonyl (C=O) groups is 1. The van der Waals surface area contributed by atoms with Gasteiger partial charge in [0.2, 0.25) is 0 Å². The Balaban J connectivity index is 1.58. The molecule has 5 heteroatoms. The van der Waals surface area contributed by atoms with Crippen LogP contribution in [0.4, 0.5) is 4.79 Å². The van der Waals surface area contributed by atoms with Crippen molar-refractivity contribution in [3.63, 3.8) is 0 Å². The summed E-state index contributed by atoms with van der Waals surface area (Å²) in [4.78, 5) is 19.4. The summed E-state index contributed by atoms with van der Waals surface area (Å²) in [6.07, 6.45) is 5.40. The zero-order valence-corrected chi connectivity index (χ0v) is 14.7. The Labute approximate surface area is 144 Å². The van der Waals surface area contributed by atoms with Crippen LogP contribution in [0.15, 0.2) is 24.3 Å². The summed E-state index contributed by atoms with van der Waals surface area (Å²) in [5, 5.41) is 9.39. The van der Waals surface area contributed by atoms with Crippen molar-refractivity contribution in [2.75, 3.05) is 39.8 Å². The third-order valence-corrected chi connectivity index (χ3v) is 5.35. The second-order valence-electron chi connectivity index (χ2n) is 7.12. The molecule has 5 nitrogen and oxygen atoms in total. The highest BCUT2D eigenvalue weighted by Gasteiger charge is 2.30. The molecule has 0 aliphatic carbocycles. The van der Waals surface area contributed by atoms with Gasteiger partial charge in [-0.3, -0.25) is 0 Å². The number of likely N-dealkylation sites (N-methyl/N-ethyl adjacent to an activating group) is 1. The van der Waals surface area contributed by atoms with Crippen molar-refractivity contribution >= 4 is 6.03 Å². The van der Waals surface area contributed by atoms with Crippen LogP contribution in [0.5, 0.6) is 5.75 Å². The van der Waals surface area contributed by atoms with E-state index >= 15 is 0 Å². The molecule has 24 heavy (non-hydrogen) atoms. The van der Waals surface area contributed by atoms with Crippen LogP contribution in [-0.2, 0) is 6.42 Å². The van der Waals surface area contributed by atoms with E-state index in [9.17, 15) is 9.90 Å². The van der Waals surface area contributed by atoms with Crippen molar-refractivity contribution < 1.29 is 9.90 Å². The van der Waals surface area contributed by atoms with Gasteiger partial charge in [-0.15, -0.1) is 0 Å². The number of rotatable bonds is 3. The number of phenols is 1. The van der Waals surface area contributed by atoms with Crippen molar-refractivity contribution in [1.82, 2.24) is 14.7 Å². The zero-order chi connectivity index (χ0) is 16.9. The summed E-state index contributed by atoms with van der Waals surface area (Å²) in [6, 6.07) is 8.01. The Morgan fingerprint density at radius 1 is 1.08 bits per heavy atom. The molecule has 0 saturated carbocycles. The minimum absolute atomic E-state index is 0.235. The number of nitrogens with zero attached hydrogens (tertiary/aromatic N) is 3. The number of likely N-dealkylation sites (tertiary alicyclic amines) is 1. The van der Waals surface area contributed by atoms with E-state index in [1.165, 1.54) is 12.0 Å². The average Bonchev–Trinajstić information content (AvgIpc) is 2.61.